The minimum Gasteiger partial charge on any atom is -0.357 e. The molecule has 0 aromatic carbocycles. The van der Waals surface area contributed by atoms with Crippen LogP contribution in [0, 0.1) is 0 Å². The molecule has 0 amide bonds. The number of nitrogens with one attached hydrogen (secondary N) is 2. The molecule has 0 atom stereocenters. The number of hydrogen-bond donors (Lipinski definition) is 2. The van der Waals surface area contributed by atoms with Crippen LogP contribution in [0.15, 0.2) is 0 Å². The summed E-state index contributed by atoms with van der Waals surface area (Å²) in [6.07, 6.45) is -2.98. The third-order valence-electron chi connectivity index (χ3n) is 2.93. The Morgan fingerprint density at radius 2 is 1.75 bits per heavy atom. The van der Waals surface area contributed by atoms with E-state index in [9.17, 15) is 13.2 Å². The van der Waals surface area contributed by atoms with Crippen LogP contribution >= 0.6 is 0 Å². The molecular formula is C11H17F3N6. The Morgan fingerprint density at radius 3 is 2.35 bits per heavy atom. The Labute approximate surface area is 114 Å². The van der Waals surface area contributed by atoms with Crippen LogP contribution in [-0.2, 0) is 0 Å². The smallest absolute Gasteiger partial charge is 0.357 e. The predicted molar refractivity (Wildman–Crippen MR) is 70.0 cm³/mol. The molecule has 1 aliphatic rings. The van der Waals surface area contributed by atoms with Crippen molar-refractivity contribution in [2.75, 3.05) is 42.2 Å². The highest BCUT2D eigenvalue weighted by molar-refractivity contribution is 5.44. The lowest BCUT2D eigenvalue weighted by Gasteiger charge is -2.16. The van der Waals surface area contributed by atoms with E-state index in [1.54, 1.807) is 7.05 Å². The van der Waals surface area contributed by atoms with Crippen molar-refractivity contribution in [1.29, 1.82) is 0 Å². The highest BCUT2D eigenvalue weighted by atomic mass is 19.4. The van der Waals surface area contributed by atoms with E-state index in [1.165, 1.54) is 0 Å². The summed E-state index contributed by atoms with van der Waals surface area (Å²) in [4.78, 5) is 14.4. The van der Waals surface area contributed by atoms with E-state index in [2.05, 4.69) is 25.6 Å². The van der Waals surface area contributed by atoms with Gasteiger partial charge in [-0.3, -0.25) is 0 Å². The van der Waals surface area contributed by atoms with Gasteiger partial charge in [0, 0.05) is 26.7 Å². The maximum Gasteiger partial charge on any atom is 0.390 e. The van der Waals surface area contributed by atoms with Crippen LogP contribution in [0.5, 0.6) is 0 Å². The summed E-state index contributed by atoms with van der Waals surface area (Å²) in [5.74, 6) is 1.00. The van der Waals surface area contributed by atoms with Crippen molar-refractivity contribution < 1.29 is 13.2 Å². The van der Waals surface area contributed by atoms with E-state index in [4.69, 9.17) is 0 Å². The van der Waals surface area contributed by atoms with Gasteiger partial charge >= 0.3 is 6.18 Å². The van der Waals surface area contributed by atoms with Gasteiger partial charge in [-0.1, -0.05) is 0 Å². The zero-order chi connectivity index (χ0) is 14.6. The summed E-state index contributed by atoms with van der Waals surface area (Å²) >= 11 is 0. The Morgan fingerprint density at radius 1 is 1.10 bits per heavy atom. The van der Waals surface area contributed by atoms with Gasteiger partial charge in [-0.15, -0.1) is 0 Å². The van der Waals surface area contributed by atoms with E-state index < -0.39 is 12.6 Å². The molecule has 1 fully saturated rings. The van der Waals surface area contributed by atoms with Gasteiger partial charge in [-0.25, -0.2) is 0 Å². The van der Waals surface area contributed by atoms with Crippen LogP contribution in [0.3, 0.4) is 0 Å². The highest BCUT2D eigenvalue weighted by Gasteiger charge is 2.26. The van der Waals surface area contributed by atoms with Crippen LogP contribution in [-0.4, -0.2) is 47.8 Å². The molecule has 20 heavy (non-hydrogen) atoms. The molecule has 9 heteroatoms. The summed E-state index contributed by atoms with van der Waals surface area (Å²) in [6, 6.07) is 0. The Kier molecular flexibility index (Phi) is 4.46. The molecule has 1 aromatic heterocycles. The fourth-order valence-electron chi connectivity index (χ4n) is 1.93. The summed E-state index contributed by atoms with van der Waals surface area (Å²) in [7, 11) is 1.66. The molecule has 0 radical (unpaired) electrons. The van der Waals surface area contributed by atoms with Crippen molar-refractivity contribution in [3.63, 3.8) is 0 Å². The topological polar surface area (TPSA) is 66.0 Å². The lowest BCUT2D eigenvalue weighted by molar-refractivity contribution is -0.131. The van der Waals surface area contributed by atoms with Crippen molar-refractivity contribution in [2.24, 2.45) is 0 Å². The summed E-state index contributed by atoms with van der Waals surface area (Å²) in [6.45, 7) is 1.46. The van der Waals surface area contributed by atoms with E-state index >= 15 is 0 Å². The second kappa shape index (κ2) is 6.10. The molecule has 0 aliphatic carbocycles. The monoisotopic (exact) mass is 290 g/mol. The first-order valence-electron chi connectivity index (χ1n) is 6.47. The average molecular weight is 290 g/mol. The van der Waals surface area contributed by atoms with Crippen LogP contribution < -0.4 is 15.5 Å². The first-order valence-corrected chi connectivity index (χ1v) is 6.47. The number of rotatable bonds is 5. The van der Waals surface area contributed by atoms with Gasteiger partial charge in [0.2, 0.25) is 17.8 Å². The lowest BCUT2D eigenvalue weighted by Crippen LogP contribution is -2.23. The lowest BCUT2D eigenvalue weighted by atomic mass is 10.4. The molecule has 0 saturated carbocycles. The van der Waals surface area contributed by atoms with Crippen molar-refractivity contribution in [1.82, 2.24) is 15.0 Å². The SMILES string of the molecule is CNc1nc(NCCC(F)(F)F)nc(N2CCCC2)n1. The maximum absolute atomic E-state index is 12.1. The predicted octanol–water partition coefficient (Wildman–Crippen LogP) is 1.88. The molecule has 0 bridgehead atoms. The van der Waals surface area contributed by atoms with Gasteiger partial charge in [0.05, 0.1) is 6.42 Å². The van der Waals surface area contributed by atoms with E-state index in [1.807, 2.05) is 4.90 Å². The molecule has 1 aromatic rings. The van der Waals surface area contributed by atoms with Gasteiger partial charge < -0.3 is 15.5 Å². The van der Waals surface area contributed by atoms with Gasteiger partial charge in [0.25, 0.3) is 0 Å². The standard InChI is InChI=1S/C11H17F3N6/c1-15-8-17-9(16-5-4-11(12,13)14)19-10(18-8)20-6-2-3-7-20/h2-7H2,1H3,(H2,15,16,17,18,19). The second-order valence-electron chi connectivity index (χ2n) is 4.52. The van der Waals surface area contributed by atoms with Crippen LogP contribution in [0.1, 0.15) is 19.3 Å². The summed E-state index contributed by atoms with van der Waals surface area (Å²) in [5.41, 5.74) is 0. The highest BCUT2D eigenvalue weighted by Crippen LogP contribution is 2.21. The minimum atomic E-state index is -4.19. The fourth-order valence-corrected chi connectivity index (χ4v) is 1.93. The van der Waals surface area contributed by atoms with Crippen LogP contribution in [0.25, 0.3) is 0 Å². The van der Waals surface area contributed by atoms with Gasteiger partial charge in [0.1, 0.15) is 0 Å². The molecule has 6 nitrogen and oxygen atoms in total. The van der Waals surface area contributed by atoms with Gasteiger partial charge in [0.15, 0.2) is 0 Å². The quantitative estimate of drug-likeness (QED) is 0.863. The molecule has 0 unspecified atom stereocenters. The van der Waals surface area contributed by atoms with Crippen molar-refractivity contribution in [3.8, 4) is 0 Å². The first-order chi connectivity index (χ1) is 9.48. The molecular weight excluding hydrogens is 273 g/mol. The fraction of sp³-hybridized carbons (Fsp3) is 0.727. The van der Waals surface area contributed by atoms with Crippen LogP contribution in [0.4, 0.5) is 31.0 Å². The van der Waals surface area contributed by atoms with Gasteiger partial charge in [-0.05, 0) is 12.8 Å². The number of aromatic nitrogens is 3. The molecule has 1 aliphatic heterocycles. The molecule has 0 spiro atoms. The maximum atomic E-state index is 12.1. The zero-order valence-corrected chi connectivity index (χ0v) is 11.2. The number of anilines is 3. The number of nitrogens with zero attached hydrogens (tertiary/aromatic N) is 4. The minimum absolute atomic E-state index is 0.163. The van der Waals surface area contributed by atoms with Crippen molar-refractivity contribution >= 4 is 17.8 Å². The number of hydrogen-bond acceptors (Lipinski definition) is 6. The Balaban J connectivity index is 2.05. The molecule has 2 rings (SSSR count). The van der Waals surface area contributed by atoms with Gasteiger partial charge in [-0.2, -0.15) is 28.1 Å². The van der Waals surface area contributed by atoms with Crippen molar-refractivity contribution in [2.45, 2.75) is 25.4 Å². The molecule has 2 heterocycles. The number of alkyl halides is 3. The third-order valence-corrected chi connectivity index (χ3v) is 2.93. The van der Waals surface area contributed by atoms with E-state index in [0.29, 0.717) is 11.9 Å². The van der Waals surface area contributed by atoms with Crippen molar-refractivity contribution in [3.05, 3.63) is 0 Å². The van der Waals surface area contributed by atoms with E-state index in [0.717, 1.165) is 25.9 Å². The second-order valence-corrected chi connectivity index (χ2v) is 4.52. The average Bonchev–Trinajstić information content (AvgIpc) is 2.90. The summed E-state index contributed by atoms with van der Waals surface area (Å²) < 4.78 is 36.3. The Hall–Kier alpha value is -1.80. The normalized spacial score (nSPS) is 15.5. The molecule has 1 saturated heterocycles. The molecule has 2 N–H and O–H groups in total. The Bertz CT molecular complexity index is 444. The largest absolute Gasteiger partial charge is 0.390 e. The summed E-state index contributed by atoms with van der Waals surface area (Å²) in [5, 5.41) is 5.38. The molecule has 112 valence electrons. The van der Waals surface area contributed by atoms with E-state index in [-0.39, 0.29) is 12.5 Å². The first kappa shape index (κ1) is 14.6. The van der Waals surface area contributed by atoms with Crippen LogP contribution in [0.2, 0.25) is 0 Å². The zero-order valence-electron chi connectivity index (χ0n) is 11.2. The third kappa shape index (κ3) is 4.10. The number of halogens is 3.